The van der Waals surface area contributed by atoms with Crippen molar-refractivity contribution in [1.29, 1.82) is 0 Å². The number of esters is 1. The van der Waals surface area contributed by atoms with Crippen LogP contribution in [0.2, 0.25) is 0 Å². The molecule has 27 heavy (non-hydrogen) atoms. The summed E-state index contributed by atoms with van der Waals surface area (Å²) >= 11 is 0. The van der Waals surface area contributed by atoms with Gasteiger partial charge in [0, 0.05) is 0 Å². The second-order valence-corrected chi connectivity index (χ2v) is 7.86. The number of benzene rings is 1. The highest BCUT2D eigenvalue weighted by molar-refractivity contribution is 5.71. The highest BCUT2D eigenvalue weighted by atomic mass is 16.5. The predicted octanol–water partition coefficient (Wildman–Crippen LogP) is 5.41. The molecule has 1 aromatic carbocycles. The number of hydrogen-bond acceptors (Lipinski definition) is 3. The molecule has 0 N–H and O–H groups in total. The minimum absolute atomic E-state index is 0.139. The third-order valence-corrected chi connectivity index (χ3v) is 6.09. The summed E-state index contributed by atoms with van der Waals surface area (Å²) in [4.78, 5) is 11.6. The van der Waals surface area contributed by atoms with Crippen molar-refractivity contribution < 1.29 is 14.3 Å². The van der Waals surface area contributed by atoms with Crippen LogP contribution in [-0.4, -0.2) is 19.7 Å². The van der Waals surface area contributed by atoms with E-state index < -0.39 is 0 Å². The van der Waals surface area contributed by atoms with Crippen LogP contribution in [0.1, 0.15) is 69.8 Å². The lowest BCUT2D eigenvalue weighted by atomic mass is 9.74. The van der Waals surface area contributed by atoms with Gasteiger partial charge in [0.05, 0.1) is 19.4 Å². The lowest BCUT2D eigenvalue weighted by Gasteiger charge is -2.32. The third kappa shape index (κ3) is 5.16. The molecule has 3 nitrogen and oxygen atoms in total. The fourth-order valence-electron chi connectivity index (χ4n) is 4.35. The molecule has 0 amide bonds. The van der Waals surface area contributed by atoms with Crippen LogP contribution in [0.25, 0.3) is 0 Å². The molecule has 1 atom stereocenters. The van der Waals surface area contributed by atoms with E-state index in [0.717, 1.165) is 11.3 Å². The van der Waals surface area contributed by atoms with Crippen LogP contribution in [0, 0.1) is 17.3 Å². The van der Waals surface area contributed by atoms with Crippen LogP contribution in [0.3, 0.4) is 0 Å². The molecule has 0 heterocycles. The molecular formula is C24H30O3. The molecule has 2 aliphatic rings. The van der Waals surface area contributed by atoms with E-state index in [4.69, 9.17) is 9.47 Å². The molecule has 144 valence electrons. The van der Waals surface area contributed by atoms with Crippen molar-refractivity contribution in [3.8, 4) is 17.6 Å². The standard InChI is InChI=1S/C24H30O3/c1-3-6-21(17-23(25)26-2)20-7-9-22(10-8-20)27-18-19-11-15-24(16-12-19)13-4-5-14-24/h7-11,21H,4-5,12-18H2,1-2H3. The van der Waals surface area contributed by atoms with Crippen molar-refractivity contribution in [1.82, 2.24) is 0 Å². The Kier molecular flexibility index (Phi) is 6.61. The van der Waals surface area contributed by atoms with E-state index in [1.54, 1.807) is 6.92 Å². The maximum atomic E-state index is 11.6. The van der Waals surface area contributed by atoms with Crippen LogP contribution in [0.15, 0.2) is 35.9 Å². The van der Waals surface area contributed by atoms with Gasteiger partial charge in [0.2, 0.25) is 0 Å². The molecule has 1 unspecified atom stereocenters. The molecule has 1 fully saturated rings. The number of hydrogen-bond donors (Lipinski definition) is 0. The van der Waals surface area contributed by atoms with E-state index in [1.165, 1.54) is 57.6 Å². The summed E-state index contributed by atoms with van der Waals surface area (Å²) in [7, 11) is 1.41. The molecule has 0 aromatic heterocycles. The lowest BCUT2D eigenvalue weighted by Crippen LogP contribution is -2.20. The molecule has 0 saturated heterocycles. The number of allylic oxidation sites excluding steroid dienone is 1. The molecule has 1 spiro atoms. The van der Waals surface area contributed by atoms with Gasteiger partial charge in [-0.25, -0.2) is 0 Å². The Balaban J connectivity index is 1.55. The molecular weight excluding hydrogens is 336 g/mol. The van der Waals surface area contributed by atoms with Crippen molar-refractivity contribution in [2.75, 3.05) is 13.7 Å². The second kappa shape index (κ2) is 9.13. The van der Waals surface area contributed by atoms with Gasteiger partial charge >= 0.3 is 5.97 Å². The van der Waals surface area contributed by atoms with Gasteiger partial charge in [-0.15, -0.1) is 5.92 Å². The van der Waals surface area contributed by atoms with Gasteiger partial charge in [-0.05, 0) is 67.7 Å². The topological polar surface area (TPSA) is 35.5 Å². The monoisotopic (exact) mass is 366 g/mol. The van der Waals surface area contributed by atoms with E-state index in [1.807, 2.05) is 24.3 Å². The number of methoxy groups -OCH3 is 1. The molecule has 3 heteroatoms. The first-order valence-electron chi connectivity index (χ1n) is 10.0. The van der Waals surface area contributed by atoms with E-state index in [-0.39, 0.29) is 18.3 Å². The zero-order valence-electron chi connectivity index (χ0n) is 16.6. The average Bonchev–Trinajstić information content (AvgIpc) is 3.15. The fraction of sp³-hybridized carbons (Fsp3) is 0.542. The number of rotatable bonds is 6. The predicted molar refractivity (Wildman–Crippen MR) is 108 cm³/mol. The van der Waals surface area contributed by atoms with Crippen molar-refractivity contribution in [3.63, 3.8) is 0 Å². The van der Waals surface area contributed by atoms with Crippen molar-refractivity contribution in [2.24, 2.45) is 5.41 Å². The zero-order chi connectivity index (χ0) is 19.1. The summed E-state index contributed by atoms with van der Waals surface area (Å²) in [5, 5.41) is 0. The first-order valence-corrected chi connectivity index (χ1v) is 10.0. The van der Waals surface area contributed by atoms with E-state index in [2.05, 4.69) is 17.9 Å². The third-order valence-electron chi connectivity index (χ3n) is 6.09. The fourth-order valence-corrected chi connectivity index (χ4v) is 4.35. The Morgan fingerprint density at radius 1 is 1.19 bits per heavy atom. The Bertz CT molecular complexity index is 727. The van der Waals surface area contributed by atoms with Crippen molar-refractivity contribution in [2.45, 2.75) is 64.2 Å². The summed E-state index contributed by atoms with van der Waals surface area (Å²) < 4.78 is 10.8. The quantitative estimate of drug-likeness (QED) is 0.384. The van der Waals surface area contributed by atoms with Gasteiger partial charge in [0.25, 0.3) is 0 Å². The summed E-state index contributed by atoms with van der Waals surface area (Å²) in [6.45, 7) is 2.46. The Labute approximate surface area is 163 Å². The van der Waals surface area contributed by atoms with Gasteiger partial charge in [-0.3, -0.25) is 4.79 Å². The Morgan fingerprint density at radius 2 is 1.93 bits per heavy atom. The maximum absolute atomic E-state index is 11.6. The van der Waals surface area contributed by atoms with Crippen LogP contribution in [0.5, 0.6) is 5.75 Å². The largest absolute Gasteiger partial charge is 0.489 e. The van der Waals surface area contributed by atoms with Crippen molar-refractivity contribution >= 4 is 5.97 Å². The van der Waals surface area contributed by atoms with Gasteiger partial charge in [0.15, 0.2) is 0 Å². The Hall–Kier alpha value is -2.21. The lowest BCUT2D eigenvalue weighted by molar-refractivity contribution is -0.140. The van der Waals surface area contributed by atoms with E-state index in [0.29, 0.717) is 12.0 Å². The first kappa shape index (κ1) is 19.5. The van der Waals surface area contributed by atoms with Crippen LogP contribution < -0.4 is 4.74 Å². The molecule has 2 aliphatic carbocycles. The first-order chi connectivity index (χ1) is 13.1. The number of ether oxygens (including phenoxy) is 2. The molecule has 1 saturated carbocycles. The number of carbonyl (C=O) groups excluding carboxylic acids is 1. The summed E-state index contributed by atoms with van der Waals surface area (Å²) in [6, 6.07) is 7.93. The second-order valence-electron chi connectivity index (χ2n) is 7.86. The molecule has 1 aromatic rings. The normalized spacial score (nSPS) is 19.0. The molecule has 3 rings (SSSR count). The Morgan fingerprint density at radius 3 is 2.52 bits per heavy atom. The smallest absolute Gasteiger partial charge is 0.307 e. The van der Waals surface area contributed by atoms with Crippen LogP contribution in [0.4, 0.5) is 0 Å². The van der Waals surface area contributed by atoms with Gasteiger partial charge in [0.1, 0.15) is 12.4 Å². The van der Waals surface area contributed by atoms with Crippen LogP contribution in [-0.2, 0) is 9.53 Å². The van der Waals surface area contributed by atoms with Gasteiger partial charge in [-0.2, -0.15) is 0 Å². The molecule has 0 radical (unpaired) electrons. The molecule has 0 bridgehead atoms. The number of carbonyl (C=O) groups is 1. The SMILES string of the molecule is CC#CC(CC(=O)OC)c1ccc(OCC2=CCC3(CCCC3)CC2)cc1. The zero-order valence-corrected chi connectivity index (χ0v) is 16.6. The van der Waals surface area contributed by atoms with Gasteiger partial charge < -0.3 is 9.47 Å². The van der Waals surface area contributed by atoms with E-state index >= 15 is 0 Å². The maximum Gasteiger partial charge on any atom is 0.307 e. The average molecular weight is 367 g/mol. The van der Waals surface area contributed by atoms with Crippen molar-refractivity contribution in [3.05, 3.63) is 41.5 Å². The summed E-state index contributed by atoms with van der Waals surface area (Å²) in [6.07, 6.45) is 12.1. The summed E-state index contributed by atoms with van der Waals surface area (Å²) in [5.41, 5.74) is 3.05. The van der Waals surface area contributed by atoms with Gasteiger partial charge in [-0.1, -0.05) is 37.0 Å². The summed E-state index contributed by atoms with van der Waals surface area (Å²) in [5.74, 6) is 6.47. The van der Waals surface area contributed by atoms with E-state index in [9.17, 15) is 4.79 Å². The molecule has 0 aliphatic heterocycles. The minimum Gasteiger partial charge on any atom is -0.489 e. The van der Waals surface area contributed by atoms with Crippen LogP contribution >= 0.6 is 0 Å². The minimum atomic E-state index is -0.243. The highest BCUT2D eigenvalue weighted by Gasteiger charge is 2.34. The highest BCUT2D eigenvalue weighted by Crippen LogP contribution is 2.48.